The lowest BCUT2D eigenvalue weighted by Gasteiger charge is -2.00. The van der Waals surface area contributed by atoms with Crippen LogP contribution < -0.4 is 5.73 Å². The van der Waals surface area contributed by atoms with E-state index >= 15 is 0 Å². The van der Waals surface area contributed by atoms with Gasteiger partial charge in [-0.3, -0.25) is 0 Å². The molecule has 4 heteroatoms. The number of hydrogen-bond acceptors (Lipinski definition) is 4. The number of oxime groups is 1. The van der Waals surface area contributed by atoms with Crippen LogP contribution in [-0.4, -0.2) is 32.6 Å². The molecular weight excluding hydrogens is 156 g/mol. The third kappa shape index (κ3) is 9.39. The Balaban J connectivity index is 3.00. The summed E-state index contributed by atoms with van der Waals surface area (Å²) in [7, 11) is 0. The molecule has 0 heterocycles. The van der Waals surface area contributed by atoms with Crippen LogP contribution >= 0.6 is 0 Å². The van der Waals surface area contributed by atoms with Crippen LogP contribution in [0.4, 0.5) is 0 Å². The van der Waals surface area contributed by atoms with Gasteiger partial charge in [0.2, 0.25) is 0 Å². The molecule has 0 aliphatic carbocycles. The number of nitrogens with two attached hydrogens (primary N) is 1. The second-order valence-electron chi connectivity index (χ2n) is 2.73. The minimum absolute atomic E-state index is 0.426. The van der Waals surface area contributed by atoms with Crippen LogP contribution in [0.2, 0.25) is 0 Å². The Morgan fingerprint density at radius 3 is 2.67 bits per heavy atom. The molecule has 0 bridgehead atoms. The summed E-state index contributed by atoms with van der Waals surface area (Å²) in [5.41, 5.74) is 5.21. The van der Waals surface area contributed by atoms with E-state index in [1.165, 1.54) is 0 Å². The van der Waals surface area contributed by atoms with E-state index in [0.29, 0.717) is 32.3 Å². The highest BCUT2D eigenvalue weighted by Gasteiger charge is 1.87. The van der Waals surface area contributed by atoms with Crippen molar-refractivity contribution in [2.24, 2.45) is 16.8 Å². The molecule has 0 spiro atoms. The minimum atomic E-state index is 0.426. The van der Waals surface area contributed by atoms with Gasteiger partial charge in [0, 0.05) is 12.8 Å². The minimum Gasteiger partial charge on any atom is -0.394 e. The quantitative estimate of drug-likeness (QED) is 0.350. The molecule has 72 valence electrons. The van der Waals surface area contributed by atoms with Gasteiger partial charge in [0.15, 0.2) is 0 Å². The molecule has 0 aliphatic heterocycles. The third-order valence-corrected chi connectivity index (χ3v) is 1.01. The largest absolute Gasteiger partial charge is 0.394 e. The van der Waals surface area contributed by atoms with E-state index in [1.807, 2.05) is 13.8 Å². The van der Waals surface area contributed by atoms with E-state index in [0.717, 1.165) is 0 Å². The maximum Gasteiger partial charge on any atom is 0.140 e. The molecule has 0 aromatic carbocycles. The van der Waals surface area contributed by atoms with Gasteiger partial charge in [-0.25, -0.2) is 0 Å². The Kier molecular flexibility index (Phi) is 8.05. The molecule has 0 aromatic heterocycles. The first kappa shape index (κ1) is 11.4. The van der Waals surface area contributed by atoms with E-state index in [4.69, 9.17) is 15.3 Å². The van der Waals surface area contributed by atoms with Gasteiger partial charge in [-0.2, -0.15) is 0 Å². The molecule has 0 fully saturated rings. The lowest BCUT2D eigenvalue weighted by Crippen LogP contribution is -2.11. The van der Waals surface area contributed by atoms with Gasteiger partial charge in [-0.05, 0) is 5.92 Å². The van der Waals surface area contributed by atoms with Crippen LogP contribution in [0.25, 0.3) is 0 Å². The van der Waals surface area contributed by atoms with Gasteiger partial charge in [-0.15, -0.1) is 0 Å². The van der Waals surface area contributed by atoms with Crippen molar-refractivity contribution in [2.45, 2.75) is 13.8 Å². The third-order valence-electron chi connectivity index (χ3n) is 1.01. The number of hydrogen-bond donors (Lipinski definition) is 1. The van der Waals surface area contributed by atoms with Crippen LogP contribution in [0.5, 0.6) is 0 Å². The number of rotatable bonds is 7. The first-order chi connectivity index (χ1) is 5.77. The van der Waals surface area contributed by atoms with E-state index < -0.39 is 0 Å². The number of nitrogens with zero attached hydrogens (tertiary/aromatic N) is 1. The average molecular weight is 174 g/mol. The Morgan fingerprint density at radius 1 is 1.33 bits per heavy atom. The van der Waals surface area contributed by atoms with Crippen molar-refractivity contribution in [3.05, 3.63) is 0 Å². The molecule has 12 heavy (non-hydrogen) atoms. The molecule has 2 N–H and O–H groups in total. The first-order valence-corrected chi connectivity index (χ1v) is 4.20. The fraction of sp³-hybridized carbons (Fsp3) is 0.875. The molecule has 0 amide bonds. The monoisotopic (exact) mass is 174 g/mol. The van der Waals surface area contributed by atoms with E-state index in [-0.39, 0.29) is 0 Å². The van der Waals surface area contributed by atoms with Crippen molar-refractivity contribution in [1.82, 2.24) is 0 Å². The van der Waals surface area contributed by atoms with Crippen LogP contribution in [0.15, 0.2) is 5.16 Å². The standard InChI is InChI=1S/C8H18N2O2/c1-8(2)7-10-12-6-5-11-4-3-9/h7-8H,3-6,9H2,1-2H3/b10-7+. The van der Waals surface area contributed by atoms with Crippen molar-refractivity contribution in [3.8, 4) is 0 Å². The van der Waals surface area contributed by atoms with Gasteiger partial charge < -0.3 is 15.3 Å². The normalized spacial score (nSPS) is 11.3. The molecule has 0 saturated carbocycles. The zero-order valence-electron chi connectivity index (χ0n) is 7.82. The molecule has 0 aromatic rings. The fourth-order valence-electron chi connectivity index (χ4n) is 0.499. The average Bonchev–Trinajstić information content (AvgIpc) is 2.02. The van der Waals surface area contributed by atoms with Crippen molar-refractivity contribution >= 4 is 6.21 Å². The molecule has 0 unspecified atom stereocenters. The summed E-state index contributed by atoms with van der Waals surface area (Å²) in [6, 6.07) is 0. The van der Waals surface area contributed by atoms with Gasteiger partial charge in [0.25, 0.3) is 0 Å². The summed E-state index contributed by atoms with van der Waals surface area (Å²) >= 11 is 0. The topological polar surface area (TPSA) is 56.8 Å². The molecule has 0 atom stereocenters. The van der Waals surface area contributed by atoms with Crippen molar-refractivity contribution < 1.29 is 9.57 Å². The van der Waals surface area contributed by atoms with Crippen LogP contribution in [0.1, 0.15) is 13.8 Å². The SMILES string of the molecule is CC(C)/C=N/OCCOCCN. The Morgan fingerprint density at radius 2 is 2.08 bits per heavy atom. The summed E-state index contributed by atoms with van der Waals surface area (Å²) in [4.78, 5) is 4.89. The predicted octanol–water partition coefficient (Wildman–Crippen LogP) is 0.620. The molecule has 4 nitrogen and oxygen atoms in total. The summed E-state index contributed by atoms with van der Waals surface area (Å²) < 4.78 is 5.07. The zero-order valence-corrected chi connectivity index (χ0v) is 7.82. The summed E-state index contributed by atoms with van der Waals surface area (Å²) in [5, 5.41) is 3.73. The van der Waals surface area contributed by atoms with Gasteiger partial charge in [0.05, 0.1) is 13.2 Å². The smallest absolute Gasteiger partial charge is 0.140 e. The lowest BCUT2D eigenvalue weighted by atomic mass is 10.3. The van der Waals surface area contributed by atoms with Crippen LogP contribution in [0, 0.1) is 5.92 Å². The molecule has 0 radical (unpaired) electrons. The van der Waals surface area contributed by atoms with Crippen molar-refractivity contribution in [2.75, 3.05) is 26.4 Å². The number of ether oxygens (including phenoxy) is 1. The maximum atomic E-state index is 5.21. The highest BCUT2D eigenvalue weighted by molar-refractivity contribution is 5.58. The van der Waals surface area contributed by atoms with E-state index in [1.54, 1.807) is 6.21 Å². The molecule has 0 rings (SSSR count). The lowest BCUT2D eigenvalue weighted by molar-refractivity contribution is 0.0541. The second-order valence-corrected chi connectivity index (χ2v) is 2.73. The van der Waals surface area contributed by atoms with Crippen molar-refractivity contribution in [1.29, 1.82) is 0 Å². The first-order valence-electron chi connectivity index (χ1n) is 4.20. The van der Waals surface area contributed by atoms with Gasteiger partial charge in [0.1, 0.15) is 6.61 Å². The highest BCUT2D eigenvalue weighted by atomic mass is 16.6. The Hall–Kier alpha value is -0.610. The van der Waals surface area contributed by atoms with Crippen molar-refractivity contribution in [3.63, 3.8) is 0 Å². The Bertz CT molecular complexity index is 116. The van der Waals surface area contributed by atoms with Gasteiger partial charge >= 0.3 is 0 Å². The zero-order chi connectivity index (χ0) is 9.23. The second kappa shape index (κ2) is 8.49. The highest BCUT2D eigenvalue weighted by Crippen LogP contribution is 1.86. The fourth-order valence-corrected chi connectivity index (χ4v) is 0.499. The summed E-state index contributed by atoms with van der Waals surface area (Å²) in [5.74, 6) is 0.426. The van der Waals surface area contributed by atoms with Gasteiger partial charge in [-0.1, -0.05) is 19.0 Å². The van der Waals surface area contributed by atoms with Crippen LogP contribution in [0.3, 0.4) is 0 Å². The summed E-state index contributed by atoms with van der Waals surface area (Å²) in [6.07, 6.45) is 1.75. The van der Waals surface area contributed by atoms with E-state index in [9.17, 15) is 0 Å². The predicted molar refractivity (Wildman–Crippen MR) is 49.2 cm³/mol. The molecule has 0 aliphatic rings. The Labute approximate surface area is 73.7 Å². The van der Waals surface area contributed by atoms with E-state index in [2.05, 4.69) is 5.16 Å². The summed E-state index contributed by atoms with van der Waals surface area (Å²) in [6.45, 7) is 6.25. The maximum absolute atomic E-state index is 5.21. The molecule has 0 saturated heterocycles. The molecular formula is C8H18N2O2. The van der Waals surface area contributed by atoms with Crippen LogP contribution in [-0.2, 0) is 9.57 Å².